The normalized spacial score (nSPS) is 12.5. The Kier molecular flexibility index (Phi) is 8.88. The van der Waals surface area contributed by atoms with Gasteiger partial charge in [-0.1, -0.05) is 38.1 Å². The van der Waals surface area contributed by atoms with E-state index in [4.69, 9.17) is 16.0 Å². The standard InChI is InChI=1S/C28H30F3N5O2/c1-16(2)26(20-5-7-21(8-6-20)27(37)34-15-24(32)35-36-33)38-23-13-17(3)25(18(4)14-23)19-9-11-22(12-10-19)28(29,30)31/h5-14,16,26H,15H2,1-4H3,(H,34,37)(H3,32,33,35)/p+1. The zero-order valence-electron chi connectivity index (χ0n) is 21.6. The maximum absolute atomic E-state index is 13.0. The molecule has 0 aliphatic rings. The molecule has 0 aliphatic heterocycles. The smallest absolute Gasteiger partial charge is 0.416 e. The second-order valence-corrected chi connectivity index (χ2v) is 9.30. The quantitative estimate of drug-likeness (QED) is 0.126. The number of hydrogen-bond acceptors (Lipinski definition) is 3. The molecule has 1 unspecified atom stereocenters. The van der Waals surface area contributed by atoms with Gasteiger partial charge in [0, 0.05) is 10.8 Å². The molecule has 0 spiro atoms. The van der Waals surface area contributed by atoms with Gasteiger partial charge in [-0.25, -0.2) is 0 Å². The third-order valence-electron chi connectivity index (χ3n) is 5.99. The molecule has 1 atom stereocenters. The number of ether oxygens (including phenoxy) is 1. The lowest BCUT2D eigenvalue weighted by atomic mass is 9.94. The first kappa shape index (κ1) is 28.4. The minimum atomic E-state index is -4.38. The molecular weight excluding hydrogens is 495 g/mol. The highest BCUT2D eigenvalue weighted by molar-refractivity contribution is 5.96. The predicted molar refractivity (Wildman–Crippen MR) is 139 cm³/mol. The van der Waals surface area contributed by atoms with Crippen molar-refractivity contribution in [3.05, 3.63) is 88.5 Å². The van der Waals surface area contributed by atoms with Crippen LogP contribution in [0.15, 0.2) is 71.0 Å². The summed E-state index contributed by atoms with van der Waals surface area (Å²) in [6.45, 7) is 7.89. The number of halogens is 3. The minimum Gasteiger partial charge on any atom is -0.485 e. The third kappa shape index (κ3) is 6.96. The van der Waals surface area contributed by atoms with Crippen molar-refractivity contribution in [1.29, 1.82) is 0 Å². The molecule has 0 bridgehead atoms. The average molecular weight is 527 g/mol. The summed E-state index contributed by atoms with van der Waals surface area (Å²) in [4.78, 5) is 12.4. The third-order valence-corrected chi connectivity index (χ3v) is 5.99. The summed E-state index contributed by atoms with van der Waals surface area (Å²) in [5.74, 6) is 5.46. The van der Waals surface area contributed by atoms with Crippen LogP contribution in [0.4, 0.5) is 13.2 Å². The number of carbonyl (C=O) groups is 1. The average Bonchev–Trinajstić information content (AvgIpc) is 2.85. The lowest BCUT2D eigenvalue weighted by Crippen LogP contribution is -2.45. The fourth-order valence-electron chi connectivity index (χ4n) is 4.22. The molecule has 10 heteroatoms. The number of nitrogens with zero attached hydrogens (tertiary/aromatic N) is 2. The number of amides is 1. The Morgan fingerprint density at radius 3 is 2.11 bits per heavy atom. The molecule has 5 N–H and O–H groups in total. The molecule has 38 heavy (non-hydrogen) atoms. The van der Waals surface area contributed by atoms with E-state index in [2.05, 4.69) is 15.7 Å². The van der Waals surface area contributed by atoms with Gasteiger partial charge in [-0.3, -0.25) is 16.0 Å². The number of nitrogens with one attached hydrogen (secondary N) is 1. The first-order valence-electron chi connectivity index (χ1n) is 12.0. The SMILES string of the molecule is Cc1cc(OC(c2ccc(C(=O)NCC(=[NH2+])N=NN)cc2)C(C)C)cc(C)c1-c1ccc(C(F)(F)F)cc1. The van der Waals surface area contributed by atoms with Gasteiger partial charge in [0.1, 0.15) is 18.4 Å². The second-order valence-electron chi connectivity index (χ2n) is 9.30. The topological polar surface area (TPSA) is 115 Å². The van der Waals surface area contributed by atoms with Gasteiger partial charge in [0.25, 0.3) is 5.91 Å². The molecule has 0 fully saturated rings. The van der Waals surface area contributed by atoms with Crippen LogP contribution in [-0.4, -0.2) is 18.3 Å². The van der Waals surface area contributed by atoms with Crippen molar-refractivity contribution in [2.75, 3.05) is 6.54 Å². The van der Waals surface area contributed by atoms with Crippen LogP contribution in [0.1, 0.15) is 52.6 Å². The van der Waals surface area contributed by atoms with Gasteiger partial charge in [0.05, 0.1) is 10.7 Å². The Labute approximate surface area is 219 Å². The van der Waals surface area contributed by atoms with Gasteiger partial charge in [-0.2, -0.15) is 13.2 Å². The van der Waals surface area contributed by atoms with E-state index in [1.165, 1.54) is 12.1 Å². The van der Waals surface area contributed by atoms with Crippen LogP contribution < -0.4 is 21.3 Å². The number of hydrogen-bond donors (Lipinski definition) is 3. The van der Waals surface area contributed by atoms with Crippen molar-refractivity contribution in [2.45, 2.75) is 40.0 Å². The van der Waals surface area contributed by atoms with Gasteiger partial charge in [-0.15, -0.1) is 0 Å². The summed E-state index contributed by atoms with van der Waals surface area (Å²) < 4.78 is 45.3. The molecule has 3 rings (SSSR count). The largest absolute Gasteiger partial charge is 0.485 e. The summed E-state index contributed by atoms with van der Waals surface area (Å²) in [5, 5.41) is 14.7. The van der Waals surface area contributed by atoms with Gasteiger partial charge in [-0.05, 0) is 84.0 Å². The number of carbonyl (C=O) groups excluding carboxylic acids is 1. The van der Waals surface area contributed by atoms with E-state index < -0.39 is 11.7 Å². The number of nitrogens with two attached hydrogens (primary N) is 2. The van der Waals surface area contributed by atoms with Crippen LogP contribution >= 0.6 is 0 Å². The van der Waals surface area contributed by atoms with E-state index in [0.29, 0.717) is 16.9 Å². The van der Waals surface area contributed by atoms with E-state index >= 15 is 0 Å². The molecule has 200 valence electrons. The minimum absolute atomic E-state index is 0.0141. The summed E-state index contributed by atoms with van der Waals surface area (Å²) in [5.41, 5.74) is 4.01. The number of amidine groups is 1. The van der Waals surface area contributed by atoms with Crippen molar-refractivity contribution in [2.24, 2.45) is 22.1 Å². The zero-order valence-corrected chi connectivity index (χ0v) is 21.6. The van der Waals surface area contributed by atoms with Gasteiger partial charge >= 0.3 is 12.0 Å². The lowest BCUT2D eigenvalue weighted by Gasteiger charge is -2.24. The van der Waals surface area contributed by atoms with Gasteiger partial charge < -0.3 is 10.1 Å². The number of alkyl halides is 3. The van der Waals surface area contributed by atoms with E-state index in [1.807, 2.05) is 52.0 Å². The summed E-state index contributed by atoms with van der Waals surface area (Å²) >= 11 is 0. The van der Waals surface area contributed by atoms with Gasteiger partial charge in [0.15, 0.2) is 0 Å². The Morgan fingerprint density at radius 1 is 1.03 bits per heavy atom. The maximum atomic E-state index is 13.0. The molecule has 0 aliphatic carbocycles. The van der Waals surface area contributed by atoms with Crippen LogP contribution in [0.25, 0.3) is 11.1 Å². The molecule has 7 nitrogen and oxygen atoms in total. The van der Waals surface area contributed by atoms with Crippen molar-refractivity contribution in [3.63, 3.8) is 0 Å². The fourth-order valence-corrected chi connectivity index (χ4v) is 4.22. The molecule has 3 aromatic carbocycles. The fraction of sp³-hybridized carbons (Fsp3) is 0.286. The summed E-state index contributed by atoms with van der Waals surface area (Å²) in [7, 11) is 0. The van der Waals surface area contributed by atoms with Crippen LogP contribution in [0.3, 0.4) is 0 Å². The number of rotatable bonds is 8. The van der Waals surface area contributed by atoms with Crippen molar-refractivity contribution in [1.82, 2.24) is 5.32 Å². The van der Waals surface area contributed by atoms with Crippen molar-refractivity contribution >= 4 is 11.7 Å². The monoisotopic (exact) mass is 526 g/mol. The van der Waals surface area contributed by atoms with Crippen LogP contribution in [0.2, 0.25) is 0 Å². The van der Waals surface area contributed by atoms with E-state index in [9.17, 15) is 18.0 Å². The Morgan fingerprint density at radius 2 is 1.61 bits per heavy atom. The maximum Gasteiger partial charge on any atom is 0.416 e. The first-order chi connectivity index (χ1) is 17.9. The molecule has 0 saturated carbocycles. The van der Waals surface area contributed by atoms with Crippen molar-refractivity contribution < 1.29 is 28.1 Å². The Bertz CT molecular complexity index is 1290. The molecule has 3 aromatic rings. The van der Waals surface area contributed by atoms with E-state index in [-0.39, 0.29) is 30.3 Å². The molecule has 0 aromatic heterocycles. The van der Waals surface area contributed by atoms with Crippen LogP contribution in [0.5, 0.6) is 5.75 Å². The van der Waals surface area contributed by atoms with Crippen LogP contribution in [-0.2, 0) is 6.18 Å². The summed E-state index contributed by atoms with van der Waals surface area (Å²) in [6, 6.07) is 16.0. The first-order valence-corrected chi connectivity index (χ1v) is 12.0. The summed E-state index contributed by atoms with van der Waals surface area (Å²) in [6.07, 6.45) is -4.67. The lowest BCUT2D eigenvalue weighted by molar-refractivity contribution is -0.137. The zero-order chi connectivity index (χ0) is 28.0. The molecule has 0 heterocycles. The number of aryl methyl sites for hydroxylation is 2. The highest BCUT2D eigenvalue weighted by Crippen LogP contribution is 2.36. The molecular formula is C28H31F3N5O2+. The van der Waals surface area contributed by atoms with Crippen LogP contribution in [0, 0.1) is 19.8 Å². The predicted octanol–water partition coefficient (Wildman–Crippen LogP) is 4.98. The molecule has 0 saturated heterocycles. The van der Waals surface area contributed by atoms with E-state index in [0.717, 1.165) is 34.4 Å². The van der Waals surface area contributed by atoms with Crippen molar-refractivity contribution in [3.8, 4) is 16.9 Å². The number of benzene rings is 3. The Balaban J connectivity index is 1.78. The second kappa shape index (κ2) is 11.9. The molecule has 0 radical (unpaired) electrons. The van der Waals surface area contributed by atoms with Gasteiger partial charge in [0.2, 0.25) is 0 Å². The molecule has 1 amide bonds. The Hall–Kier alpha value is -4.21. The highest BCUT2D eigenvalue weighted by Gasteiger charge is 2.30. The van der Waals surface area contributed by atoms with E-state index in [1.54, 1.807) is 12.1 Å². The highest BCUT2D eigenvalue weighted by atomic mass is 19.4.